The molecule has 0 aromatic heterocycles. The Labute approximate surface area is 222 Å². The lowest BCUT2D eigenvalue weighted by Crippen LogP contribution is -2.50. The summed E-state index contributed by atoms with van der Waals surface area (Å²) in [4.78, 5) is 28.1. The van der Waals surface area contributed by atoms with Crippen molar-refractivity contribution in [2.75, 3.05) is 24.2 Å². The van der Waals surface area contributed by atoms with Crippen LogP contribution in [0.15, 0.2) is 42.5 Å². The summed E-state index contributed by atoms with van der Waals surface area (Å²) >= 11 is 0. The predicted molar refractivity (Wildman–Crippen MR) is 148 cm³/mol. The van der Waals surface area contributed by atoms with Crippen molar-refractivity contribution in [2.24, 2.45) is 0 Å². The number of rotatable bonds is 13. The molecule has 0 saturated carbocycles. The molecule has 2 aromatic rings. The normalized spacial score (nSPS) is 12.2. The van der Waals surface area contributed by atoms with Crippen LogP contribution in [0.5, 0.6) is 5.75 Å². The molecule has 2 aromatic carbocycles. The van der Waals surface area contributed by atoms with Crippen LogP contribution in [0.1, 0.15) is 56.7 Å². The molecule has 0 bridgehead atoms. The fourth-order valence-electron chi connectivity index (χ4n) is 4.15. The first-order chi connectivity index (χ1) is 17.4. The highest BCUT2D eigenvalue weighted by molar-refractivity contribution is 7.92. The van der Waals surface area contributed by atoms with Gasteiger partial charge in [-0.05, 0) is 81.5 Å². The van der Waals surface area contributed by atoms with Gasteiger partial charge in [-0.2, -0.15) is 0 Å². The molecule has 0 aliphatic carbocycles. The maximum atomic E-state index is 13.5. The largest absolute Gasteiger partial charge is 0.497 e. The Morgan fingerprint density at radius 2 is 1.76 bits per heavy atom. The van der Waals surface area contributed by atoms with Crippen LogP contribution in [-0.4, -0.2) is 57.1 Å². The van der Waals surface area contributed by atoms with E-state index in [-0.39, 0.29) is 37.4 Å². The molecule has 0 heterocycles. The zero-order valence-corrected chi connectivity index (χ0v) is 23.9. The second-order valence-corrected chi connectivity index (χ2v) is 11.6. The van der Waals surface area contributed by atoms with Crippen LogP contribution in [0, 0.1) is 13.8 Å². The molecule has 0 aliphatic heterocycles. The molecule has 1 N–H and O–H groups in total. The van der Waals surface area contributed by atoms with Crippen molar-refractivity contribution in [1.82, 2.24) is 10.2 Å². The SMILES string of the molecule is CC[C@H](C(=O)NC(C)C)N(Cc1cccc(OC)c1)C(=O)CCCN(c1ccc(C)c(C)c1)S(C)(=O)=O. The van der Waals surface area contributed by atoms with Gasteiger partial charge in [0.1, 0.15) is 11.8 Å². The Kier molecular flexibility index (Phi) is 11.0. The average molecular weight is 532 g/mol. The number of hydrogen-bond donors (Lipinski definition) is 1. The summed E-state index contributed by atoms with van der Waals surface area (Å²) in [6.45, 7) is 9.95. The van der Waals surface area contributed by atoms with E-state index in [4.69, 9.17) is 4.74 Å². The quantitative estimate of drug-likeness (QED) is 0.418. The number of benzene rings is 2. The van der Waals surface area contributed by atoms with Gasteiger partial charge in [0.15, 0.2) is 0 Å². The Bertz CT molecular complexity index is 1180. The minimum atomic E-state index is -3.54. The van der Waals surface area contributed by atoms with E-state index in [0.717, 1.165) is 16.7 Å². The van der Waals surface area contributed by atoms with E-state index < -0.39 is 16.1 Å². The number of carbonyl (C=O) groups excluding carboxylic acids is 2. The summed E-state index contributed by atoms with van der Waals surface area (Å²) in [6, 6.07) is 12.2. The van der Waals surface area contributed by atoms with E-state index in [2.05, 4.69) is 5.32 Å². The number of ether oxygens (including phenoxy) is 1. The zero-order chi connectivity index (χ0) is 27.8. The van der Waals surface area contributed by atoms with Gasteiger partial charge < -0.3 is 15.0 Å². The second kappa shape index (κ2) is 13.5. The monoisotopic (exact) mass is 531 g/mol. The molecular formula is C28H41N3O5S. The fourth-order valence-corrected chi connectivity index (χ4v) is 5.11. The van der Waals surface area contributed by atoms with Gasteiger partial charge >= 0.3 is 0 Å². The molecule has 0 saturated heterocycles. The molecule has 2 rings (SSSR count). The lowest BCUT2D eigenvalue weighted by atomic mass is 10.1. The van der Waals surface area contributed by atoms with Gasteiger partial charge in [-0.15, -0.1) is 0 Å². The summed E-state index contributed by atoms with van der Waals surface area (Å²) in [5.41, 5.74) is 3.49. The number of methoxy groups -OCH3 is 1. The second-order valence-electron chi connectivity index (χ2n) is 9.67. The van der Waals surface area contributed by atoms with Gasteiger partial charge in [-0.1, -0.05) is 25.1 Å². The van der Waals surface area contributed by atoms with E-state index in [9.17, 15) is 18.0 Å². The number of nitrogens with zero attached hydrogens (tertiary/aromatic N) is 2. The predicted octanol–water partition coefficient (Wildman–Crippen LogP) is 4.19. The van der Waals surface area contributed by atoms with Gasteiger partial charge in [0, 0.05) is 25.6 Å². The molecule has 0 spiro atoms. The minimum Gasteiger partial charge on any atom is -0.497 e. The van der Waals surface area contributed by atoms with Crippen LogP contribution in [-0.2, 0) is 26.2 Å². The Balaban J connectivity index is 2.25. The number of amides is 2. The first-order valence-corrected chi connectivity index (χ1v) is 14.5. The first-order valence-electron chi connectivity index (χ1n) is 12.6. The number of hydrogen-bond acceptors (Lipinski definition) is 5. The summed E-state index contributed by atoms with van der Waals surface area (Å²) in [5, 5.41) is 2.92. The number of carbonyl (C=O) groups is 2. The van der Waals surface area contributed by atoms with Crippen molar-refractivity contribution in [3.63, 3.8) is 0 Å². The molecule has 8 nitrogen and oxygen atoms in total. The summed E-state index contributed by atoms with van der Waals surface area (Å²) in [5.74, 6) is 0.255. The molecule has 1 atom stereocenters. The van der Waals surface area contributed by atoms with Crippen LogP contribution in [0.2, 0.25) is 0 Å². The highest BCUT2D eigenvalue weighted by Crippen LogP contribution is 2.23. The Morgan fingerprint density at radius 1 is 1.05 bits per heavy atom. The van der Waals surface area contributed by atoms with E-state index in [0.29, 0.717) is 24.3 Å². The molecule has 37 heavy (non-hydrogen) atoms. The van der Waals surface area contributed by atoms with Crippen molar-refractivity contribution in [3.8, 4) is 5.75 Å². The van der Waals surface area contributed by atoms with E-state index in [1.807, 2.05) is 71.0 Å². The van der Waals surface area contributed by atoms with Crippen LogP contribution in [0.4, 0.5) is 5.69 Å². The van der Waals surface area contributed by atoms with Gasteiger partial charge in [-0.25, -0.2) is 8.42 Å². The van der Waals surface area contributed by atoms with Crippen molar-refractivity contribution < 1.29 is 22.7 Å². The van der Waals surface area contributed by atoms with Crippen molar-refractivity contribution in [2.45, 2.75) is 72.5 Å². The molecule has 0 fully saturated rings. The van der Waals surface area contributed by atoms with Gasteiger partial charge in [-0.3, -0.25) is 13.9 Å². The summed E-state index contributed by atoms with van der Waals surface area (Å²) in [7, 11) is -1.96. The number of anilines is 1. The lowest BCUT2D eigenvalue weighted by molar-refractivity contribution is -0.141. The Hall–Kier alpha value is -3.07. The minimum absolute atomic E-state index is 0.0587. The van der Waals surface area contributed by atoms with Crippen molar-refractivity contribution in [1.29, 1.82) is 0 Å². The lowest BCUT2D eigenvalue weighted by Gasteiger charge is -2.31. The van der Waals surface area contributed by atoms with E-state index >= 15 is 0 Å². The summed E-state index contributed by atoms with van der Waals surface area (Å²) < 4.78 is 31.8. The fraction of sp³-hybridized carbons (Fsp3) is 0.500. The van der Waals surface area contributed by atoms with Crippen LogP contribution >= 0.6 is 0 Å². The topological polar surface area (TPSA) is 96.0 Å². The van der Waals surface area contributed by atoms with Crippen molar-refractivity contribution in [3.05, 3.63) is 59.2 Å². The number of sulfonamides is 1. The average Bonchev–Trinajstić information content (AvgIpc) is 2.82. The molecule has 0 unspecified atom stereocenters. The Morgan fingerprint density at radius 3 is 2.32 bits per heavy atom. The molecule has 9 heteroatoms. The maximum absolute atomic E-state index is 13.5. The third kappa shape index (κ3) is 8.77. The number of nitrogens with one attached hydrogen (secondary N) is 1. The van der Waals surface area contributed by atoms with Gasteiger partial charge in [0.05, 0.1) is 19.1 Å². The zero-order valence-electron chi connectivity index (χ0n) is 23.1. The van der Waals surface area contributed by atoms with Crippen LogP contribution in [0.3, 0.4) is 0 Å². The van der Waals surface area contributed by atoms with Crippen LogP contribution < -0.4 is 14.4 Å². The van der Waals surface area contributed by atoms with Gasteiger partial charge in [0.25, 0.3) is 0 Å². The molecule has 0 radical (unpaired) electrons. The standard InChI is InChI=1S/C28H41N3O5S/c1-8-26(28(33)29-20(2)3)30(19-23-11-9-12-25(18-23)36-6)27(32)13-10-16-31(37(7,34)35)24-15-14-21(4)22(5)17-24/h9,11-12,14-15,17-18,20,26H,8,10,13,16,19H2,1-7H3,(H,29,33)/t26-/m1/s1. The summed E-state index contributed by atoms with van der Waals surface area (Å²) in [6.07, 6.45) is 2.04. The highest BCUT2D eigenvalue weighted by atomic mass is 32.2. The van der Waals surface area contributed by atoms with E-state index in [1.54, 1.807) is 18.1 Å². The third-order valence-electron chi connectivity index (χ3n) is 6.23. The van der Waals surface area contributed by atoms with Crippen molar-refractivity contribution >= 4 is 27.5 Å². The molecule has 0 aliphatic rings. The molecular weight excluding hydrogens is 490 g/mol. The number of aryl methyl sites for hydroxylation is 2. The van der Waals surface area contributed by atoms with E-state index in [1.165, 1.54) is 10.6 Å². The smallest absolute Gasteiger partial charge is 0.243 e. The molecule has 2 amide bonds. The first kappa shape index (κ1) is 30.2. The van der Waals surface area contributed by atoms with Crippen LogP contribution in [0.25, 0.3) is 0 Å². The van der Waals surface area contributed by atoms with Gasteiger partial charge in [0.2, 0.25) is 21.8 Å². The highest BCUT2D eigenvalue weighted by Gasteiger charge is 2.29. The maximum Gasteiger partial charge on any atom is 0.243 e. The molecule has 204 valence electrons. The third-order valence-corrected chi connectivity index (χ3v) is 7.43.